The van der Waals surface area contributed by atoms with Crippen molar-refractivity contribution in [2.24, 2.45) is 0 Å². The Kier molecular flexibility index (Phi) is 4.87. The largest absolute Gasteiger partial charge is 0.433 e. The number of carbonyl (C=O) groups is 1. The van der Waals surface area contributed by atoms with Crippen molar-refractivity contribution in [3.8, 4) is 11.3 Å². The lowest BCUT2D eigenvalue weighted by Crippen LogP contribution is -2.37. The normalized spacial score (nSPS) is 25.0. The number of thioether (sulfide) groups is 1. The Balaban J connectivity index is 1.68. The molecular weight excluding hydrogens is 405 g/mol. The van der Waals surface area contributed by atoms with Crippen LogP contribution in [0.4, 0.5) is 13.2 Å². The van der Waals surface area contributed by atoms with Crippen molar-refractivity contribution in [2.45, 2.75) is 35.4 Å². The molecule has 2 aliphatic rings. The van der Waals surface area contributed by atoms with Crippen LogP contribution >= 0.6 is 23.4 Å². The molecule has 2 fully saturated rings. The number of halogens is 4. The summed E-state index contributed by atoms with van der Waals surface area (Å²) < 4.78 is 50.6. The number of hydrogen-bond acceptors (Lipinski definition) is 6. The summed E-state index contributed by atoms with van der Waals surface area (Å²) in [7, 11) is 0. The first kappa shape index (κ1) is 18.7. The fourth-order valence-corrected chi connectivity index (χ4v) is 4.09. The molecule has 2 aliphatic heterocycles. The third kappa shape index (κ3) is 3.96. The summed E-state index contributed by atoms with van der Waals surface area (Å²) in [6.45, 7) is 0.219. The Labute approximate surface area is 161 Å². The van der Waals surface area contributed by atoms with Crippen LogP contribution in [0, 0.1) is 0 Å². The lowest BCUT2D eigenvalue weighted by Gasteiger charge is -2.25. The lowest BCUT2D eigenvalue weighted by molar-refractivity contribution is -0.151. The maximum Gasteiger partial charge on any atom is 0.433 e. The van der Waals surface area contributed by atoms with Gasteiger partial charge < -0.3 is 9.47 Å². The number of ketones is 1. The Morgan fingerprint density at radius 2 is 1.93 bits per heavy atom. The number of fused-ring (bicyclic) bond motifs is 2. The molecule has 4 rings (SSSR count). The number of rotatable bonds is 3. The van der Waals surface area contributed by atoms with E-state index >= 15 is 0 Å². The van der Waals surface area contributed by atoms with Gasteiger partial charge in [-0.15, -0.1) is 0 Å². The van der Waals surface area contributed by atoms with Crippen LogP contribution in [0.2, 0.25) is 5.02 Å². The highest BCUT2D eigenvalue weighted by Crippen LogP contribution is 2.38. The van der Waals surface area contributed by atoms with E-state index in [9.17, 15) is 18.0 Å². The number of carbonyl (C=O) groups excluding carboxylic acids is 1. The highest BCUT2D eigenvalue weighted by Gasteiger charge is 2.44. The summed E-state index contributed by atoms with van der Waals surface area (Å²) in [5, 5.41) is -0.00793. The second-order valence-electron chi connectivity index (χ2n) is 6.09. The third-order valence-corrected chi connectivity index (χ3v) is 5.60. The number of benzene rings is 1. The molecule has 5 nitrogen and oxygen atoms in total. The molecule has 3 heterocycles. The number of ether oxygens (including phenoxy) is 2. The van der Waals surface area contributed by atoms with Crippen LogP contribution in [0.25, 0.3) is 11.3 Å². The average molecular weight is 417 g/mol. The quantitative estimate of drug-likeness (QED) is 0.705. The summed E-state index contributed by atoms with van der Waals surface area (Å²) in [5.74, 6) is -0.230. The van der Waals surface area contributed by atoms with Gasteiger partial charge in [0, 0.05) is 22.3 Å². The Bertz CT molecular complexity index is 879. The third-order valence-electron chi connectivity index (χ3n) is 4.18. The van der Waals surface area contributed by atoms with Crippen molar-refractivity contribution in [1.29, 1.82) is 0 Å². The smallest absolute Gasteiger partial charge is 0.343 e. The molecule has 142 valence electrons. The number of alkyl halides is 3. The van der Waals surface area contributed by atoms with Crippen LogP contribution in [0.1, 0.15) is 12.1 Å². The molecule has 0 saturated carbocycles. The number of aromatic nitrogens is 2. The minimum absolute atomic E-state index is 0.0680. The van der Waals surface area contributed by atoms with Crippen molar-refractivity contribution in [2.75, 3.05) is 6.61 Å². The first-order valence-corrected chi connectivity index (χ1v) is 9.24. The Morgan fingerprint density at radius 1 is 1.19 bits per heavy atom. The van der Waals surface area contributed by atoms with E-state index in [2.05, 4.69) is 9.97 Å². The molecule has 0 amide bonds. The molecule has 3 atom stereocenters. The zero-order valence-corrected chi connectivity index (χ0v) is 15.1. The van der Waals surface area contributed by atoms with Gasteiger partial charge in [0.15, 0.2) is 10.9 Å². The van der Waals surface area contributed by atoms with E-state index in [-0.39, 0.29) is 35.8 Å². The number of Topliss-reactive ketones (excluding diaryl/α,β-unsaturated/α-hetero) is 1. The van der Waals surface area contributed by atoms with Crippen LogP contribution in [0.15, 0.2) is 35.5 Å². The predicted octanol–water partition coefficient (Wildman–Crippen LogP) is 3.99. The van der Waals surface area contributed by atoms with Gasteiger partial charge in [-0.2, -0.15) is 13.2 Å². The summed E-state index contributed by atoms with van der Waals surface area (Å²) in [6, 6.07) is 7.21. The number of nitrogens with zero attached hydrogens (tertiary/aromatic N) is 2. The average Bonchev–Trinajstić information content (AvgIpc) is 3.05. The van der Waals surface area contributed by atoms with Gasteiger partial charge >= 0.3 is 6.18 Å². The van der Waals surface area contributed by atoms with Crippen LogP contribution in [0.5, 0.6) is 0 Å². The van der Waals surface area contributed by atoms with E-state index in [4.69, 9.17) is 21.1 Å². The first-order valence-electron chi connectivity index (χ1n) is 7.98. The summed E-state index contributed by atoms with van der Waals surface area (Å²) >= 11 is 6.83. The van der Waals surface area contributed by atoms with Gasteiger partial charge in [-0.1, -0.05) is 35.5 Å². The van der Waals surface area contributed by atoms with Crippen molar-refractivity contribution in [3.63, 3.8) is 0 Å². The van der Waals surface area contributed by atoms with E-state index < -0.39 is 23.4 Å². The molecule has 2 aromatic rings. The second-order valence-corrected chi connectivity index (χ2v) is 7.73. The highest BCUT2D eigenvalue weighted by atomic mass is 35.5. The van der Waals surface area contributed by atoms with E-state index in [1.165, 1.54) is 0 Å². The SMILES string of the molecule is O=C1C[C@H](Sc2nc(-c3ccc(Cl)cc3)cc(C(F)(F)F)n2)[C@@H]2CO[C@H]1O2. The van der Waals surface area contributed by atoms with Gasteiger partial charge in [-0.25, -0.2) is 9.97 Å². The first-order chi connectivity index (χ1) is 12.8. The van der Waals surface area contributed by atoms with Crippen molar-refractivity contribution >= 4 is 29.1 Å². The molecular formula is C17H12ClF3N2O3S. The summed E-state index contributed by atoms with van der Waals surface area (Å²) in [6.07, 6.45) is -5.73. The zero-order valence-electron chi connectivity index (χ0n) is 13.6. The summed E-state index contributed by atoms with van der Waals surface area (Å²) in [4.78, 5) is 19.8. The maximum atomic E-state index is 13.3. The molecule has 1 aromatic heterocycles. The molecule has 0 N–H and O–H groups in total. The second kappa shape index (κ2) is 7.05. The molecule has 2 saturated heterocycles. The van der Waals surface area contributed by atoms with E-state index in [1.54, 1.807) is 24.3 Å². The van der Waals surface area contributed by atoms with E-state index in [0.717, 1.165) is 17.8 Å². The van der Waals surface area contributed by atoms with Gasteiger partial charge in [-0.05, 0) is 18.2 Å². The molecule has 0 unspecified atom stereocenters. The lowest BCUT2D eigenvalue weighted by atomic mass is 10.1. The van der Waals surface area contributed by atoms with Crippen molar-refractivity contribution in [3.05, 3.63) is 41.0 Å². The van der Waals surface area contributed by atoms with Gasteiger partial charge in [-0.3, -0.25) is 4.79 Å². The predicted molar refractivity (Wildman–Crippen MR) is 91.4 cm³/mol. The van der Waals surface area contributed by atoms with Crippen LogP contribution in [-0.2, 0) is 20.4 Å². The molecule has 10 heteroatoms. The van der Waals surface area contributed by atoms with Gasteiger partial charge in [0.1, 0.15) is 5.69 Å². The van der Waals surface area contributed by atoms with Gasteiger partial charge in [0.05, 0.1) is 18.4 Å². The molecule has 0 spiro atoms. The Morgan fingerprint density at radius 3 is 2.63 bits per heavy atom. The van der Waals surface area contributed by atoms with Crippen LogP contribution < -0.4 is 0 Å². The topological polar surface area (TPSA) is 61.3 Å². The summed E-state index contributed by atoms with van der Waals surface area (Å²) in [5.41, 5.74) is -0.442. The fraction of sp³-hybridized carbons (Fsp3) is 0.353. The Hall–Kier alpha value is -1.68. The molecule has 0 radical (unpaired) electrons. The van der Waals surface area contributed by atoms with Crippen LogP contribution in [-0.4, -0.2) is 40.0 Å². The van der Waals surface area contributed by atoms with Gasteiger partial charge in [0.25, 0.3) is 0 Å². The standard InChI is InChI=1S/C17H12ClF3N2O3S/c18-9-3-1-8(2-4-9)10-5-14(17(19,20)21)23-16(22-10)27-13-6-11(24)15-25-7-12(13)26-15/h1-5,12-13,15H,6-7H2/t12-,13-,15-/m0/s1. The van der Waals surface area contributed by atoms with Gasteiger partial charge in [0.2, 0.25) is 6.29 Å². The monoisotopic (exact) mass is 416 g/mol. The molecule has 1 aromatic carbocycles. The molecule has 2 bridgehead atoms. The van der Waals surface area contributed by atoms with Crippen LogP contribution in [0.3, 0.4) is 0 Å². The van der Waals surface area contributed by atoms with E-state index in [0.29, 0.717) is 10.6 Å². The van der Waals surface area contributed by atoms with E-state index in [1.807, 2.05) is 0 Å². The minimum Gasteiger partial charge on any atom is -0.343 e. The fourth-order valence-electron chi connectivity index (χ4n) is 2.85. The minimum atomic E-state index is -4.63. The highest BCUT2D eigenvalue weighted by molar-refractivity contribution is 7.99. The molecule has 27 heavy (non-hydrogen) atoms. The van der Waals surface area contributed by atoms with Crippen molar-refractivity contribution < 1.29 is 27.4 Å². The molecule has 0 aliphatic carbocycles. The number of hydrogen-bond donors (Lipinski definition) is 0. The van der Waals surface area contributed by atoms with Crippen molar-refractivity contribution in [1.82, 2.24) is 9.97 Å². The zero-order chi connectivity index (χ0) is 19.2. The maximum absolute atomic E-state index is 13.3.